The molecule has 4 rings (SSSR count). The Morgan fingerprint density at radius 2 is 1.63 bits per heavy atom. The molecule has 0 unspecified atom stereocenters. The smallest absolute Gasteiger partial charge is 0.251 e. The molecule has 1 saturated heterocycles. The second-order valence-electron chi connectivity index (χ2n) is 7.71. The van der Waals surface area contributed by atoms with Crippen molar-refractivity contribution < 1.29 is 14.3 Å². The zero-order chi connectivity index (χ0) is 20.9. The Kier molecular flexibility index (Phi) is 6.19. The second-order valence-corrected chi connectivity index (χ2v) is 7.71. The summed E-state index contributed by atoms with van der Waals surface area (Å²) in [6.07, 6.45) is 1.87. The molecule has 1 N–H and O–H groups in total. The van der Waals surface area contributed by atoms with E-state index in [1.54, 1.807) is 14.2 Å². The van der Waals surface area contributed by atoms with Crippen LogP contribution < -0.4 is 14.8 Å². The van der Waals surface area contributed by atoms with E-state index in [1.165, 1.54) is 0 Å². The number of carbonyl (C=O) groups is 1. The summed E-state index contributed by atoms with van der Waals surface area (Å²) in [4.78, 5) is 14.8. The van der Waals surface area contributed by atoms with Crippen molar-refractivity contribution >= 4 is 16.7 Å². The lowest BCUT2D eigenvalue weighted by Crippen LogP contribution is -2.44. The molecule has 1 amide bonds. The van der Waals surface area contributed by atoms with Crippen molar-refractivity contribution in [2.24, 2.45) is 0 Å². The molecule has 1 aliphatic rings. The van der Waals surface area contributed by atoms with Gasteiger partial charge < -0.3 is 14.8 Å². The topological polar surface area (TPSA) is 50.8 Å². The van der Waals surface area contributed by atoms with Crippen LogP contribution in [-0.4, -0.2) is 44.2 Å². The van der Waals surface area contributed by atoms with Gasteiger partial charge >= 0.3 is 0 Å². The lowest BCUT2D eigenvalue weighted by Gasteiger charge is -2.33. The van der Waals surface area contributed by atoms with Gasteiger partial charge in [-0.25, -0.2) is 0 Å². The summed E-state index contributed by atoms with van der Waals surface area (Å²) in [6.45, 7) is 2.65. The Morgan fingerprint density at radius 1 is 0.967 bits per heavy atom. The highest BCUT2D eigenvalue weighted by atomic mass is 16.5. The number of carbonyl (C=O) groups excluding carboxylic acids is 1. The first-order chi connectivity index (χ1) is 14.7. The molecule has 0 spiro atoms. The normalized spacial score (nSPS) is 15.1. The van der Waals surface area contributed by atoms with E-state index >= 15 is 0 Å². The van der Waals surface area contributed by atoms with E-state index in [4.69, 9.17) is 9.47 Å². The second kappa shape index (κ2) is 9.18. The molecule has 1 heterocycles. The number of piperidine rings is 1. The molecule has 0 aliphatic carbocycles. The van der Waals surface area contributed by atoms with Gasteiger partial charge in [0.05, 0.1) is 14.2 Å². The number of benzene rings is 3. The van der Waals surface area contributed by atoms with Gasteiger partial charge in [0.2, 0.25) is 0 Å². The summed E-state index contributed by atoms with van der Waals surface area (Å²) < 4.78 is 11.4. The first-order valence-electron chi connectivity index (χ1n) is 10.4. The van der Waals surface area contributed by atoms with Gasteiger partial charge in [-0.1, -0.05) is 42.5 Å². The maximum atomic E-state index is 12.4. The SMILES string of the molecule is COc1cc(CN2CCC(NC(=O)c3ccccc3)CC2)c(OC)c2ccccc12. The van der Waals surface area contributed by atoms with Gasteiger partial charge in [0.1, 0.15) is 11.5 Å². The zero-order valence-corrected chi connectivity index (χ0v) is 17.6. The van der Waals surface area contributed by atoms with Crippen LogP contribution in [0.3, 0.4) is 0 Å². The van der Waals surface area contributed by atoms with E-state index in [1.807, 2.05) is 42.5 Å². The van der Waals surface area contributed by atoms with Crippen molar-refractivity contribution in [3.05, 3.63) is 71.8 Å². The largest absolute Gasteiger partial charge is 0.496 e. The van der Waals surface area contributed by atoms with Crippen LogP contribution in [0.15, 0.2) is 60.7 Å². The molecular formula is C25H28N2O3. The summed E-state index contributed by atoms with van der Waals surface area (Å²) in [5, 5.41) is 5.30. The Bertz CT molecular complexity index is 1010. The Hall–Kier alpha value is -3.05. The highest BCUT2D eigenvalue weighted by Crippen LogP contribution is 2.37. The number of nitrogens with one attached hydrogen (secondary N) is 1. The molecule has 30 heavy (non-hydrogen) atoms. The van der Waals surface area contributed by atoms with Gasteiger partial charge in [-0.3, -0.25) is 9.69 Å². The molecule has 5 nitrogen and oxygen atoms in total. The number of ether oxygens (including phenoxy) is 2. The first kappa shape index (κ1) is 20.2. The van der Waals surface area contributed by atoms with Crippen LogP contribution in [0.5, 0.6) is 11.5 Å². The summed E-state index contributed by atoms with van der Waals surface area (Å²) in [5.74, 6) is 1.78. The van der Waals surface area contributed by atoms with Gasteiger partial charge in [0.25, 0.3) is 5.91 Å². The van der Waals surface area contributed by atoms with E-state index < -0.39 is 0 Å². The minimum Gasteiger partial charge on any atom is -0.496 e. The first-order valence-corrected chi connectivity index (χ1v) is 10.4. The van der Waals surface area contributed by atoms with Crippen LogP contribution in [0.1, 0.15) is 28.8 Å². The van der Waals surface area contributed by atoms with Gasteiger partial charge in [-0.05, 0) is 31.0 Å². The monoisotopic (exact) mass is 404 g/mol. The lowest BCUT2D eigenvalue weighted by atomic mass is 10.0. The maximum Gasteiger partial charge on any atom is 0.251 e. The Labute approximate surface area is 177 Å². The van der Waals surface area contributed by atoms with E-state index in [0.29, 0.717) is 5.56 Å². The standard InChI is InChI=1S/C25H28N2O3/c1-29-23-16-19(24(30-2)22-11-7-6-10-21(22)23)17-27-14-12-20(13-15-27)26-25(28)18-8-4-3-5-9-18/h3-11,16,20H,12-15,17H2,1-2H3,(H,26,28). The average Bonchev–Trinajstić information content (AvgIpc) is 2.80. The van der Waals surface area contributed by atoms with E-state index in [9.17, 15) is 4.79 Å². The fraction of sp³-hybridized carbons (Fsp3) is 0.320. The maximum absolute atomic E-state index is 12.4. The minimum absolute atomic E-state index is 0.00925. The predicted octanol–water partition coefficient (Wildman–Crippen LogP) is 4.25. The van der Waals surface area contributed by atoms with Crippen molar-refractivity contribution in [1.29, 1.82) is 0 Å². The third-order valence-electron chi connectivity index (χ3n) is 5.81. The van der Waals surface area contributed by atoms with Crippen LogP contribution in [-0.2, 0) is 6.54 Å². The quantitative estimate of drug-likeness (QED) is 0.667. The molecule has 1 aliphatic heterocycles. The summed E-state index contributed by atoms with van der Waals surface area (Å²) >= 11 is 0. The number of hydrogen-bond donors (Lipinski definition) is 1. The number of hydrogen-bond acceptors (Lipinski definition) is 4. The van der Waals surface area contributed by atoms with Gasteiger partial charge in [-0.2, -0.15) is 0 Å². The highest BCUT2D eigenvalue weighted by molar-refractivity contribution is 5.95. The van der Waals surface area contributed by atoms with Crippen molar-refractivity contribution in [1.82, 2.24) is 10.2 Å². The van der Waals surface area contributed by atoms with Crippen molar-refractivity contribution in [3.8, 4) is 11.5 Å². The zero-order valence-electron chi connectivity index (χ0n) is 17.6. The molecule has 3 aromatic rings. The lowest BCUT2D eigenvalue weighted by molar-refractivity contribution is 0.0908. The van der Waals surface area contributed by atoms with Gasteiger partial charge in [0, 0.05) is 47.6 Å². The highest BCUT2D eigenvalue weighted by Gasteiger charge is 2.23. The fourth-order valence-corrected chi connectivity index (χ4v) is 4.23. The number of nitrogens with zero attached hydrogens (tertiary/aromatic N) is 1. The molecule has 0 atom stereocenters. The summed E-state index contributed by atoms with van der Waals surface area (Å²) in [7, 11) is 3.43. The van der Waals surface area contributed by atoms with Crippen molar-refractivity contribution in [2.45, 2.75) is 25.4 Å². The summed E-state index contributed by atoms with van der Waals surface area (Å²) in [6, 6.07) is 19.9. The number of likely N-dealkylation sites (tertiary alicyclic amines) is 1. The minimum atomic E-state index is 0.00925. The molecule has 0 aromatic heterocycles. The van der Waals surface area contributed by atoms with Crippen LogP contribution in [0, 0.1) is 0 Å². The molecule has 0 radical (unpaired) electrons. The third kappa shape index (κ3) is 4.26. The molecule has 0 bridgehead atoms. The number of methoxy groups -OCH3 is 2. The fourth-order valence-electron chi connectivity index (χ4n) is 4.23. The number of fused-ring (bicyclic) bond motifs is 1. The molecule has 1 fully saturated rings. The molecule has 0 saturated carbocycles. The summed E-state index contributed by atoms with van der Waals surface area (Å²) in [5.41, 5.74) is 1.84. The average molecular weight is 405 g/mol. The predicted molar refractivity (Wildman–Crippen MR) is 119 cm³/mol. The van der Waals surface area contributed by atoms with Crippen molar-refractivity contribution in [3.63, 3.8) is 0 Å². The Balaban J connectivity index is 1.43. The van der Waals surface area contributed by atoms with Gasteiger partial charge in [0.15, 0.2) is 0 Å². The van der Waals surface area contributed by atoms with E-state index in [0.717, 1.165) is 60.3 Å². The van der Waals surface area contributed by atoms with Crippen LogP contribution in [0.4, 0.5) is 0 Å². The third-order valence-corrected chi connectivity index (χ3v) is 5.81. The van der Waals surface area contributed by atoms with Crippen LogP contribution in [0.25, 0.3) is 10.8 Å². The van der Waals surface area contributed by atoms with Crippen molar-refractivity contribution in [2.75, 3.05) is 27.3 Å². The van der Waals surface area contributed by atoms with Crippen LogP contribution in [0.2, 0.25) is 0 Å². The Morgan fingerprint density at radius 3 is 2.30 bits per heavy atom. The number of amides is 1. The molecule has 3 aromatic carbocycles. The molecular weight excluding hydrogens is 376 g/mol. The number of rotatable bonds is 6. The van der Waals surface area contributed by atoms with E-state index in [2.05, 4.69) is 28.4 Å². The van der Waals surface area contributed by atoms with Gasteiger partial charge in [-0.15, -0.1) is 0 Å². The van der Waals surface area contributed by atoms with E-state index in [-0.39, 0.29) is 11.9 Å². The molecule has 156 valence electrons. The van der Waals surface area contributed by atoms with Crippen LogP contribution >= 0.6 is 0 Å². The molecule has 5 heteroatoms.